The summed E-state index contributed by atoms with van der Waals surface area (Å²) >= 11 is 7.67. The van der Waals surface area contributed by atoms with Crippen molar-refractivity contribution in [2.24, 2.45) is 0 Å². The molecule has 0 aromatic heterocycles. The summed E-state index contributed by atoms with van der Waals surface area (Å²) in [6.45, 7) is 1.88. The van der Waals surface area contributed by atoms with Crippen LogP contribution in [-0.4, -0.2) is 35.2 Å². The van der Waals surface area contributed by atoms with E-state index in [1.807, 2.05) is 24.3 Å². The fourth-order valence-corrected chi connectivity index (χ4v) is 4.20. The molecule has 0 atom stereocenters. The van der Waals surface area contributed by atoms with E-state index in [1.165, 1.54) is 0 Å². The minimum atomic E-state index is -0.615. The molecule has 0 bridgehead atoms. The first-order chi connectivity index (χ1) is 14.4. The second kappa shape index (κ2) is 10.3. The van der Waals surface area contributed by atoms with E-state index in [4.69, 9.17) is 9.47 Å². The summed E-state index contributed by atoms with van der Waals surface area (Å²) in [6, 6.07) is 13.2. The number of rotatable bonds is 7. The Morgan fingerprint density at radius 3 is 2.53 bits per heavy atom. The van der Waals surface area contributed by atoms with E-state index in [0.717, 1.165) is 36.7 Å². The minimum Gasteiger partial charge on any atom is -0.488 e. The summed E-state index contributed by atoms with van der Waals surface area (Å²) in [5, 5.41) is -0.493. The van der Waals surface area contributed by atoms with Crippen LogP contribution >= 0.6 is 43.6 Å². The fourth-order valence-electron chi connectivity index (χ4n) is 2.59. The Kier molecular flexibility index (Phi) is 7.74. The van der Waals surface area contributed by atoms with E-state index in [-0.39, 0.29) is 18.1 Å². The highest BCUT2D eigenvalue weighted by atomic mass is 79.9. The highest BCUT2D eigenvalue weighted by Crippen LogP contribution is 2.34. The van der Waals surface area contributed by atoms with Gasteiger partial charge in [0.1, 0.15) is 18.9 Å². The Bertz CT molecular complexity index is 1010. The molecule has 9 heteroatoms. The zero-order chi connectivity index (χ0) is 21.7. The average molecular weight is 555 g/mol. The van der Waals surface area contributed by atoms with Crippen molar-refractivity contribution in [3.63, 3.8) is 0 Å². The number of thioether (sulfide) groups is 1. The number of amides is 2. The van der Waals surface area contributed by atoms with Gasteiger partial charge in [0.2, 0.25) is 0 Å². The first-order valence-corrected chi connectivity index (χ1v) is 11.4. The summed E-state index contributed by atoms with van der Waals surface area (Å²) in [6.07, 6.45) is 1.61. The molecule has 1 aliphatic heterocycles. The number of nitrogens with zero attached hydrogens (tertiary/aromatic N) is 1. The lowest BCUT2D eigenvalue weighted by Crippen LogP contribution is -2.34. The van der Waals surface area contributed by atoms with E-state index >= 15 is 0 Å². The van der Waals surface area contributed by atoms with Gasteiger partial charge in [0, 0.05) is 4.47 Å². The van der Waals surface area contributed by atoms with E-state index < -0.39 is 17.1 Å². The second-order valence-electron chi connectivity index (χ2n) is 6.18. The topological polar surface area (TPSA) is 72.9 Å². The number of hydrogen-bond donors (Lipinski definition) is 0. The molecule has 0 saturated carbocycles. The molecule has 156 valence electrons. The normalized spacial score (nSPS) is 15.0. The molecule has 2 amide bonds. The lowest BCUT2D eigenvalue weighted by molar-refractivity contribution is -0.145. The third kappa shape index (κ3) is 5.74. The molecule has 3 rings (SSSR count). The van der Waals surface area contributed by atoms with Crippen molar-refractivity contribution in [3.8, 4) is 5.75 Å². The Morgan fingerprint density at radius 2 is 1.87 bits per heavy atom. The number of benzene rings is 2. The molecule has 1 saturated heterocycles. The highest BCUT2D eigenvalue weighted by Gasteiger charge is 2.36. The van der Waals surface area contributed by atoms with Crippen LogP contribution in [0.2, 0.25) is 0 Å². The number of ether oxygens (including phenoxy) is 2. The summed E-state index contributed by atoms with van der Waals surface area (Å²) in [5.41, 5.74) is 1.75. The Balaban J connectivity index is 1.68. The van der Waals surface area contributed by atoms with Gasteiger partial charge >= 0.3 is 5.97 Å². The van der Waals surface area contributed by atoms with Crippen LogP contribution in [0.3, 0.4) is 0 Å². The number of halogens is 2. The van der Waals surface area contributed by atoms with E-state index in [9.17, 15) is 14.4 Å². The van der Waals surface area contributed by atoms with Crippen LogP contribution in [0.4, 0.5) is 4.79 Å². The van der Waals surface area contributed by atoms with E-state index in [0.29, 0.717) is 12.4 Å². The molecule has 0 aliphatic carbocycles. The standard InChI is InChI=1S/C21H17Br2NO5S/c1-2-28-19(25)11-24-20(26)18(30-21(24)27)10-14-5-8-17(16(23)9-14)29-12-13-3-6-15(22)7-4-13/h3-10H,2,11-12H2,1H3/b18-10+. The number of hydrogen-bond acceptors (Lipinski definition) is 6. The van der Waals surface area contributed by atoms with Crippen molar-refractivity contribution in [2.75, 3.05) is 13.2 Å². The van der Waals surface area contributed by atoms with E-state index in [1.54, 1.807) is 31.2 Å². The molecule has 6 nitrogen and oxygen atoms in total. The van der Waals surface area contributed by atoms with Gasteiger partial charge in [-0.25, -0.2) is 0 Å². The van der Waals surface area contributed by atoms with Crippen LogP contribution in [0.15, 0.2) is 56.3 Å². The van der Waals surface area contributed by atoms with Crippen LogP contribution in [0.25, 0.3) is 6.08 Å². The van der Waals surface area contributed by atoms with Gasteiger partial charge in [-0.1, -0.05) is 34.1 Å². The number of carbonyl (C=O) groups is 3. The zero-order valence-corrected chi connectivity index (χ0v) is 19.9. The maximum absolute atomic E-state index is 12.5. The molecule has 30 heavy (non-hydrogen) atoms. The number of carbonyl (C=O) groups excluding carboxylic acids is 3. The van der Waals surface area contributed by atoms with Gasteiger partial charge in [-0.2, -0.15) is 0 Å². The maximum Gasteiger partial charge on any atom is 0.326 e. The van der Waals surface area contributed by atoms with Crippen molar-refractivity contribution in [1.82, 2.24) is 4.90 Å². The lowest BCUT2D eigenvalue weighted by Gasteiger charge is -2.11. The van der Waals surface area contributed by atoms with E-state index in [2.05, 4.69) is 31.9 Å². The SMILES string of the molecule is CCOC(=O)CN1C(=O)S/C(=C/c2ccc(OCc3ccc(Br)cc3)c(Br)c2)C1=O. The molecule has 2 aromatic carbocycles. The Labute approximate surface area is 194 Å². The van der Waals surface area contributed by atoms with Crippen LogP contribution in [0.1, 0.15) is 18.1 Å². The minimum absolute atomic E-state index is 0.190. The first-order valence-electron chi connectivity index (χ1n) is 8.95. The molecular weight excluding hydrogens is 538 g/mol. The van der Waals surface area contributed by atoms with Gasteiger partial charge in [-0.05, 0) is 76.1 Å². The summed E-state index contributed by atoms with van der Waals surface area (Å²) in [4.78, 5) is 37.3. The first kappa shape index (κ1) is 22.6. The third-order valence-corrected chi connectivity index (χ3v) is 6.08. The summed E-state index contributed by atoms with van der Waals surface area (Å²) < 4.78 is 12.4. The molecule has 0 spiro atoms. The summed E-state index contributed by atoms with van der Waals surface area (Å²) in [7, 11) is 0. The number of imide groups is 1. The lowest BCUT2D eigenvalue weighted by atomic mass is 10.2. The van der Waals surface area contributed by atoms with Gasteiger partial charge < -0.3 is 9.47 Å². The Morgan fingerprint density at radius 1 is 1.13 bits per heavy atom. The van der Waals surface area contributed by atoms with Crippen molar-refractivity contribution in [3.05, 3.63) is 67.4 Å². The largest absolute Gasteiger partial charge is 0.488 e. The average Bonchev–Trinajstić information content (AvgIpc) is 2.96. The molecule has 1 aliphatic rings. The third-order valence-electron chi connectivity index (χ3n) is 4.03. The van der Waals surface area contributed by atoms with Gasteiger partial charge in [-0.3, -0.25) is 19.3 Å². The monoisotopic (exact) mass is 553 g/mol. The van der Waals surface area contributed by atoms with Gasteiger partial charge in [0.25, 0.3) is 11.1 Å². The molecule has 0 radical (unpaired) electrons. The van der Waals surface area contributed by atoms with Crippen molar-refractivity contribution >= 4 is 66.8 Å². The van der Waals surface area contributed by atoms with Crippen LogP contribution in [0, 0.1) is 0 Å². The van der Waals surface area contributed by atoms with Gasteiger partial charge in [-0.15, -0.1) is 0 Å². The molecule has 0 N–H and O–H groups in total. The fraction of sp³-hybridized carbons (Fsp3) is 0.190. The molecule has 1 fully saturated rings. The molecular formula is C21H17Br2NO5S. The van der Waals surface area contributed by atoms with Crippen LogP contribution < -0.4 is 4.74 Å². The second-order valence-corrected chi connectivity index (χ2v) is 8.94. The maximum atomic E-state index is 12.5. The zero-order valence-electron chi connectivity index (χ0n) is 15.9. The predicted molar refractivity (Wildman–Crippen MR) is 122 cm³/mol. The quantitative estimate of drug-likeness (QED) is 0.337. The van der Waals surface area contributed by atoms with Gasteiger partial charge in [0.05, 0.1) is 16.0 Å². The highest BCUT2D eigenvalue weighted by molar-refractivity contribution is 9.10. The summed E-state index contributed by atoms with van der Waals surface area (Å²) in [5.74, 6) is -0.466. The smallest absolute Gasteiger partial charge is 0.326 e. The van der Waals surface area contributed by atoms with Crippen molar-refractivity contribution in [1.29, 1.82) is 0 Å². The van der Waals surface area contributed by atoms with Crippen LogP contribution in [0.5, 0.6) is 5.75 Å². The molecule has 2 aromatic rings. The Hall–Kier alpha value is -2.10. The van der Waals surface area contributed by atoms with Crippen molar-refractivity contribution in [2.45, 2.75) is 13.5 Å². The van der Waals surface area contributed by atoms with Gasteiger partial charge in [0.15, 0.2) is 0 Å². The predicted octanol–water partition coefficient (Wildman–Crippen LogP) is 5.39. The molecule has 1 heterocycles. The van der Waals surface area contributed by atoms with Crippen LogP contribution in [-0.2, 0) is 20.9 Å². The molecule has 0 unspecified atom stereocenters. The van der Waals surface area contributed by atoms with Crippen molar-refractivity contribution < 1.29 is 23.9 Å². The number of esters is 1.